The van der Waals surface area contributed by atoms with Gasteiger partial charge in [-0.3, -0.25) is 4.79 Å². The maximum atomic E-state index is 13.9. The number of esters is 2. The smallest absolute Gasteiger partial charge is 0.354 e. The SMILES string of the molecule is CCC(=O)Nc1ccc(F)c(N/C(=C/C(=O)OC)C(=O)OC)c1. The first kappa shape index (κ1) is 18.1. The van der Waals surface area contributed by atoms with Gasteiger partial charge in [-0.2, -0.15) is 0 Å². The Bertz CT molecular complexity index is 643. The van der Waals surface area contributed by atoms with E-state index in [1.54, 1.807) is 6.92 Å². The normalized spacial score (nSPS) is 10.7. The molecule has 23 heavy (non-hydrogen) atoms. The van der Waals surface area contributed by atoms with Gasteiger partial charge in [0.05, 0.1) is 26.0 Å². The molecule has 0 radical (unpaired) electrons. The van der Waals surface area contributed by atoms with Crippen LogP contribution in [0.1, 0.15) is 13.3 Å². The van der Waals surface area contributed by atoms with Gasteiger partial charge >= 0.3 is 11.9 Å². The molecule has 0 aliphatic heterocycles. The van der Waals surface area contributed by atoms with Gasteiger partial charge in [-0.05, 0) is 18.2 Å². The minimum atomic E-state index is -0.877. The Morgan fingerprint density at radius 1 is 1.17 bits per heavy atom. The molecule has 2 N–H and O–H groups in total. The standard InChI is InChI=1S/C15H17FN2O5/c1-4-13(19)17-9-5-6-10(16)11(7-9)18-12(15(21)23-3)8-14(20)22-2/h5-8,18H,4H2,1-3H3,(H,17,19)/b12-8+. The molecule has 0 aliphatic carbocycles. The monoisotopic (exact) mass is 324 g/mol. The lowest BCUT2D eigenvalue weighted by Crippen LogP contribution is -2.16. The number of rotatable bonds is 6. The zero-order valence-corrected chi connectivity index (χ0v) is 12.9. The van der Waals surface area contributed by atoms with Crippen molar-refractivity contribution in [1.29, 1.82) is 0 Å². The van der Waals surface area contributed by atoms with Gasteiger partial charge in [0.25, 0.3) is 0 Å². The molecular weight excluding hydrogens is 307 g/mol. The average molecular weight is 324 g/mol. The van der Waals surface area contributed by atoms with Crippen molar-refractivity contribution in [2.75, 3.05) is 24.9 Å². The summed E-state index contributed by atoms with van der Waals surface area (Å²) in [5.74, 6) is -2.62. The lowest BCUT2D eigenvalue weighted by molar-refractivity contribution is -0.138. The molecule has 0 heterocycles. The first-order valence-electron chi connectivity index (χ1n) is 6.65. The van der Waals surface area contributed by atoms with Crippen molar-refractivity contribution in [1.82, 2.24) is 0 Å². The molecule has 1 aromatic carbocycles. The van der Waals surface area contributed by atoms with Crippen molar-refractivity contribution in [3.63, 3.8) is 0 Å². The predicted molar refractivity (Wildman–Crippen MR) is 81.1 cm³/mol. The van der Waals surface area contributed by atoms with Crippen LogP contribution in [0.5, 0.6) is 0 Å². The molecule has 0 fully saturated rings. The Morgan fingerprint density at radius 2 is 1.87 bits per heavy atom. The minimum absolute atomic E-state index is 0.112. The van der Waals surface area contributed by atoms with Crippen LogP contribution >= 0.6 is 0 Å². The Labute approximate surface area is 132 Å². The van der Waals surface area contributed by atoms with E-state index in [4.69, 9.17) is 0 Å². The molecule has 1 aromatic rings. The highest BCUT2D eigenvalue weighted by Gasteiger charge is 2.15. The summed E-state index contributed by atoms with van der Waals surface area (Å²) in [5, 5.41) is 5.01. The molecule has 0 spiro atoms. The van der Waals surface area contributed by atoms with Crippen molar-refractivity contribution in [2.45, 2.75) is 13.3 Å². The molecule has 7 nitrogen and oxygen atoms in total. The maximum Gasteiger partial charge on any atom is 0.354 e. The van der Waals surface area contributed by atoms with Crippen LogP contribution in [0.4, 0.5) is 15.8 Å². The number of amides is 1. The van der Waals surface area contributed by atoms with Crippen molar-refractivity contribution >= 4 is 29.2 Å². The van der Waals surface area contributed by atoms with Crippen LogP contribution in [0, 0.1) is 5.82 Å². The van der Waals surface area contributed by atoms with Gasteiger partial charge in [-0.15, -0.1) is 0 Å². The second-order valence-electron chi connectivity index (χ2n) is 4.29. The third-order valence-corrected chi connectivity index (χ3v) is 2.71. The number of ether oxygens (including phenoxy) is 2. The molecule has 0 saturated carbocycles. The molecule has 0 aliphatic rings. The lowest BCUT2D eigenvalue weighted by Gasteiger charge is -2.12. The zero-order chi connectivity index (χ0) is 17.4. The van der Waals surface area contributed by atoms with Crippen molar-refractivity contribution < 1.29 is 28.2 Å². The van der Waals surface area contributed by atoms with E-state index in [0.29, 0.717) is 5.69 Å². The highest BCUT2D eigenvalue weighted by Crippen LogP contribution is 2.21. The van der Waals surface area contributed by atoms with Crippen molar-refractivity contribution in [2.24, 2.45) is 0 Å². The topological polar surface area (TPSA) is 93.7 Å². The molecule has 0 aromatic heterocycles. The summed E-state index contributed by atoms with van der Waals surface area (Å²) in [5.41, 5.74) is -0.0836. The fourth-order valence-corrected chi connectivity index (χ4v) is 1.53. The summed E-state index contributed by atoms with van der Waals surface area (Å²) in [6.07, 6.45) is 1.10. The number of halogens is 1. The van der Waals surface area contributed by atoms with Gasteiger partial charge in [0.2, 0.25) is 5.91 Å². The summed E-state index contributed by atoms with van der Waals surface area (Å²) in [6.45, 7) is 1.67. The third kappa shape index (κ3) is 5.42. The summed E-state index contributed by atoms with van der Waals surface area (Å²) >= 11 is 0. The first-order valence-corrected chi connectivity index (χ1v) is 6.65. The fraction of sp³-hybridized carbons (Fsp3) is 0.267. The van der Waals surface area contributed by atoms with E-state index in [-0.39, 0.29) is 23.7 Å². The van der Waals surface area contributed by atoms with E-state index in [2.05, 4.69) is 20.1 Å². The third-order valence-electron chi connectivity index (χ3n) is 2.71. The molecule has 1 amide bonds. The minimum Gasteiger partial charge on any atom is -0.466 e. The van der Waals surface area contributed by atoms with Crippen LogP contribution in [0.25, 0.3) is 0 Å². The maximum absolute atomic E-state index is 13.9. The molecule has 1 rings (SSSR count). The number of hydrogen-bond acceptors (Lipinski definition) is 6. The van der Waals surface area contributed by atoms with E-state index in [1.165, 1.54) is 12.1 Å². The summed E-state index contributed by atoms with van der Waals surface area (Å²) < 4.78 is 22.8. The number of carbonyl (C=O) groups excluding carboxylic acids is 3. The molecule has 0 atom stereocenters. The van der Waals surface area contributed by atoms with Crippen molar-refractivity contribution in [3.8, 4) is 0 Å². The number of carbonyl (C=O) groups is 3. The van der Waals surface area contributed by atoms with Gasteiger partial charge in [0.1, 0.15) is 11.5 Å². The van der Waals surface area contributed by atoms with E-state index >= 15 is 0 Å². The van der Waals surface area contributed by atoms with E-state index in [9.17, 15) is 18.8 Å². The van der Waals surface area contributed by atoms with Crippen LogP contribution < -0.4 is 10.6 Å². The highest BCUT2D eigenvalue weighted by molar-refractivity contribution is 5.99. The average Bonchev–Trinajstić information content (AvgIpc) is 2.55. The fourth-order valence-electron chi connectivity index (χ4n) is 1.53. The van der Waals surface area contributed by atoms with Crippen LogP contribution in [-0.2, 0) is 23.9 Å². The van der Waals surface area contributed by atoms with E-state index in [1.807, 2.05) is 0 Å². The van der Waals surface area contributed by atoms with Gasteiger partial charge in [0.15, 0.2) is 0 Å². The summed E-state index contributed by atoms with van der Waals surface area (Å²) in [6, 6.07) is 3.77. The molecule has 0 saturated heterocycles. The van der Waals surface area contributed by atoms with E-state index < -0.39 is 17.8 Å². The predicted octanol–water partition coefficient (Wildman–Crippen LogP) is 1.82. The van der Waals surface area contributed by atoms with Gasteiger partial charge < -0.3 is 20.1 Å². The van der Waals surface area contributed by atoms with Gasteiger partial charge in [-0.1, -0.05) is 6.92 Å². The number of methoxy groups -OCH3 is 2. The molecule has 0 unspecified atom stereocenters. The highest BCUT2D eigenvalue weighted by atomic mass is 19.1. The number of nitrogens with one attached hydrogen (secondary N) is 2. The number of benzene rings is 1. The number of hydrogen-bond donors (Lipinski definition) is 2. The first-order chi connectivity index (χ1) is 10.9. The largest absolute Gasteiger partial charge is 0.466 e. The van der Waals surface area contributed by atoms with Crippen LogP contribution in [0.15, 0.2) is 30.0 Å². The zero-order valence-electron chi connectivity index (χ0n) is 12.9. The van der Waals surface area contributed by atoms with Gasteiger partial charge in [0, 0.05) is 12.1 Å². The second-order valence-corrected chi connectivity index (χ2v) is 4.29. The molecule has 0 bridgehead atoms. The summed E-state index contributed by atoms with van der Waals surface area (Å²) in [7, 11) is 2.25. The second kappa shape index (κ2) is 8.52. The van der Waals surface area contributed by atoms with Crippen molar-refractivity contribution in [3.05, 3.63) is 35.8 Å². The number of anilines is 2. The quantitative estimate of drug-likeness (QED) is 0.612. The Kier molecular flexibility index (Phi) is 6.72. The molecular formula is C15H17FN2O5. The van der Waals surface area contributed by atoms with Crippen LogP contribution in [0.2, 0.25) is 0 Å². The van der Waals surface area contributed by atoms with E-state index in [0.717, 1.165) is 26.4 Å². The van der Waals surface area contributed by atoms with Crippen LogP contribution in [0.3, 0.4) is 0 Å². The molecule has 8 heteroatoms. The molecule has 124 valence electrons. The lowest BCUT2D eigenvalue weighted by atomic mass is 10.2. The van der Waals surface area contributed by atoms with Gasteiger partial charge in [-0.25, -0.2) is 14.0 Å². The van der Waals surface area contributed by atoms with Crippen LogP contribution in [-0.4, -0.2) is 32.1 Å². The Morgan fingerprint density at radius 3 is 2.43 bits per heavy atom. The Hall–Kier alpha value is -2.90. The summed E-state index contributed by atoms with van der Waals surface area (Å²) in [4.78, 5) is 34.3. The Balaban J connectivity index is 3.10.